The van der Waals surface area contributed by atoms with Gasteiger partial charge < -0.3 is 33.8 Å². The van der Waals surface area contributed by atoms with Crippen molar-refractivity contribution in [1.29, 1.82) is 0 Å². The third-order valence-corrected chi connectivity index (χ3v) is 19.0. The third kappa shape index (κ3) is 77.4. The van der Waals surface area contributed by atoms with E-state index in [1.807, 2.05) is 0 Å². The summed E-state index contributed by atoms with van der Waals surface area (Å²) in [4.78, 5) is 73.2. The van der Waals surface area contributed by atoms with Crippen molar-refractivity contribution in [3.63, 3.8) is 0 Å². The van der Waals surface area contributed by atoms with E-state index < -0.39 is 97.5 Å². The Labute approximate surface area is 644 Å². The smallest absolute Gasteiger partial charge is 0.462 e. The van der Waals surface area contributed by atoms with E-state index in [4.69, 9.17) is 37.0 Å². The normalized spacial score (nSPS) is 14.5. The molecule has 0 aliphatic carbocycles. The first kappa shape index (κ1) is 101. The van der Waals surface area contributed by atoms with E-state index in [0.717, 1.165) is 199 Å². The highest BCUT2D eigenvalue weighted by atomic mass is 31.2. The lowest BCUT2D eigenvalue weighted by molar-refractivity contribution is -0.161. The number of aliphatic hydroxyl groups excluding tert-OH is 1. The highest BCUT2D eigenvalue weighted by molar-refractivity contribution is 7.47. The van der Waals surface area contributed by atoms with Crippen molar-refractivity contribution in [1.82, 2.24) is 0 Å². The average molecular weight is 1530 g/mol. The lowest BCUT2D eigenvalue weighted by atomic mass is 10.1. The summed E-state index contributed by atoms with van der Waals surface area (Å²) in [6.07, 6.45) is 88.4. The molecule has 17 nitrogen and oxygen atoms in total. The summed E-state index contributed by atoms with van der Waals surface area (Å²) < 4.78 is 68.7. The standard InChI is InChI=1S/C87H148O17P2/c1-5-9-13-17-21-25-29-33-37-39-40-42-45-48-52-56-60-64-68-72-85(90)98-78-83(104-87(92)74-70-66-62-58-54-50-46-41-38-34-30-26-22-18-14-10-6-2)80-102-106(95,96)100-76-81(88)75-99-105(93,94)101-79-82(103-86(91)73-69-65-61-57-53-49-44-36-32-28-24-20-16-12-8-4)77-97-84(89)71-67-63-59-55-51-47-43-35-31-27-23-19-15-11-7-3/h9-10,13-14,21-23,25-27,33-38,40,42-44,48,52,81-83,88H,5-8,11-12,15-20,24,28-32,39,41,45-47,49-51,53-80H2,1-4H3,(H,93,94)(H,95,96)/b13-9-,14-10-,25-21-,26-22-,27-23-,37-33-,38-34-,42-40-,43-35-,44-36-,52-48-. The third-order valence-electron chi connectivity index (χ3n) is 17.1. The predicted molar refractivity (Wildman–Crippen MR) is 436 cm³/mol. The molecule has 0 aromatic rings. The molecule has 0 heterocycles. The van der Waals surface area contributed by atoms with Crippen LogP contribution in [0.15, 0.2) is 134 Å². The zero-order valence-corrected chi connectivity index (χ0v) is 68.4. The molecule has 0 amide bonds. The topological polar surface area (TPSA) is 237 Å². The summed E-state index contributed by atoms with van der Waals surface area (Å²) in [5.41, 5.74) is 0. The van der Waals surface area contributed by atoms with Crippen molar-refractivity contribution >= 4 is 39.5 Å². The maximum Gasteiger partial charge on any atom is 0.472 e. The minimum atomic E-state index is -5.00. The number of hydrogen-bond acceptors (Lipinski definition) is 15. The Bertz CT molecular complexity index is 2530. The Kier molecular flexibility index (Phi) is 74.8. The molecule has 0 aliphatic heterocycles. The molecule has 5 atom stereocenters. The average Bonchev–Trinajstić information content (AvgIpc) is 0.902. The molecular formula is C87H148O17P2. The maximum atomic E-state index is 13.1. The first-order chi connectivity index (χ1) is 51.7. The van der Waals surface area contributed by atoms with E-state index in [0.29, 0.717) is 25.7 Å². The zero-order chi connectivity index (χ0) is 77.4. The Morgan fingerprint density at radius 1 is 0.274 bits per heavy atom. The Morgan fingerprint density at radius 3 is 0.792 bits per heavy atom. The van der Waals surface area contributed by atoms with Crippen molar-refractivity contribution in [2.45, 2.75) is 354 Å². The molecule has 608 valence electrons. The quantitative estimate of drug-likeness (QED) is 0.0169. The molecule has 106 heavy (non-hydrogen) atoms. The van der Waals surface area contributed by atoms with Gasteiger partial charge in [0, 0.05) is 25.7 Å². The van der Waals surface area contributed by atoms with Gasteiger partial charge in [-0.1, -0.05) is 283 Å². The molecule has 0 saturated heterocycles. The van der Waals surface area contributed by atoms with Crippen LogP contribution in [-0.4, -0.2) is 96.7 Å². The van der Waals surface area contributed by atoms with Gasteiger partial charge in [-0.15, -0.1) is 0 Å². The van der Waals surface area contributed by atoms with Crippen LogP contribution in [0.25, 0.3) is 0 Å². The molecule has 0 saturated carbocycles. The number of hydrogen-bond donors (Lipinski definition) is 3. The van der Waals surface area contributed by atoms with Crippen molar-refractivity contribution in [3.8, 4) is 0 Å². The van der Waals surface area contributed by atoms with E-state index >= 15 is 0 Å². The highest BCUT2D eigenvalue weighted by Gasteiger charge is 2.30. The number of carbonyl (C=O) groups is 4. The summed E-state index contributed by atoms with van der Waals surface area (Å²) in [7, 11) is -9.98. The number of unbranched alkanes of at least 4 members (excludes halogenated alkanes) is 29. The number of carbonyl (C=O) groups excluding carboxylic acids is 4. The maximum absolute atomic E-state index is 13.1. The second-order valence-corrected chi connectivity index (χ2v) is 30.2. The van der Waals surface area contributed by atoms with Crippen LogP contribution in [0.3, 0.4) is 0 Å². The lowest BCUT2D eigenvalue weighted by Gasteiger charge is -2.21. The number of phosphoric acid groups is 2. The van der Waals surface area contributed by atoms with Gasteiger partial charge in [0.05, 0.1) is 26.4 Å². The van der Waals surface area contributed by atoms with Crippen molar-refractivity contribution in [2.24, 2.45) is 0 Å². The SMILES string of the molecule is CC/C=C\C/C=C\C/C=C\C/C=C\C/C=C\CCCCCC(=O)OCC(COP(=O)(O)OCC(O)COP(=O)(O)OCC(COC(=O)CCCCCCC/C=C\C/C=C\CCCCC)OC(=O)CCCCCCC/C=C\CCCCCCCC)OC(=O)CCCCCCCCC/C=C\C/C=C\C/C=C\CC. The first-order valence-electron chi connectivity index (χ1n) is 41.4. The second-order valence-electron chi connectivity index (χ2n) is 27.3. The minimum Gasteiger partial charge on any atom is -0.462 e. The van der Waals surface area contributed by atoms with Gasteiger partial charge in [-0.3, -0.25) is 37.3 Å². The fourth-order valence-electron chi connectivity index (χ4n) is 10.8. The van der Waals surface area contributed by atoms with Crippen LogP contribution in [0, 0.1) is 0 Å². The fourth-order valence-corrected chi connectivity index (χ4v) is 12.4. The Hall–Kier alpha value is -4.80. The summed E-state index contributed by atoms with van der Waals surface area (Å²) >= 11 is 0. The largest absolute Gasteiger partial charge is 0.472 e. The number of phosphoric ester groups is 2. The predicted octanol–water partition coefficient (Wildman–Crippen LogP) is 24.4. The van der Waals surface area contributed by atoms with Crippen LogP contribution in [0.5, 0.6) is 0 Å². The van der Waals surface area contributed by atoms with E-state index in [2.05, 4.69) is 161 Å². The van der Waals surface area contributed by atoms with Gasteiger partial charge in [0.25, 0.3) is 0 Å². The van der Waals surface area contributed by atoms with Gasteiger partial charge in [-0.2, -0.15) is 0 Å². The molecule has 0 bridgehead atoms. The number of aliphatic hydroxyl groups is 1. The summed E-state index contributed by atoms with van der Waals surface area (Å²) in [6, 6.07) is 0. The molecule has 3 N–H and O–H groups in total. The van der Waals surface area contributed by atoms with Crippen LogP contribution in [-0.2, 0) is 65.4 Å². The number of ether oxygens (including phenoxy) is 4. The van der Waals surface area contributed by atoms with E-state index in [1.54, 1.807) is 0 Å². The number of allylic oxidation sites excluding steroid dienone is 22. The monoisotopic (exact) mass is 1530 g/mol. The van der Waals surface area contributed by atoms with Gasteiger partial charge in [-0.25, -0.2) is 9.13 Å². The molecule has 0 radical (unpaired) electrons. The molecule has 0 fully saturated rings. The Morgan fingerprint density at radius 2 is 0.491 bits per heavy atom. The van der Waals surface area contributed by atoms with Crippen molar-refractivity contribution in [2.75, 3.05) is 39.6 Å². The van der Waals surface area contributed by atoms with Crippen LogP contribution >= 0.6 is 15.6 Å². The Balaban J connectivity index is 5.43. The summed E-state index contributed by atoms with van der Waals surface area (Å²) in [5.74, 6) is -2.24. The molecule has 0 aliphatic rings. The summed E-state index contributed by atoms with van der Waals surface area (Å²) in [6.45, 7) is 4.58. The lowest BCUT2D eigenvalue weighted by Crippen LogP contribution is -2.30. The van der Waals surface area contributed by atoms with Gasteiger partial charge in [-0.05, 0) is 161 Å². The molecular weight excluding hydrogens is 1380 g/mol. The summed E-state index contributed by atoms with van der Waals surface area (Å²) in [5, 5.41) is 10.7. The molecule has 0 spiro atoms. The van der Waals surface area contributed by atoms with E-state index in [9.17, 15) is 43.2 Å². The van der Waals surface area contributed by atoms with Crippen LogP contribution in [0.2, 0.25) is 0 Å². The zero-order valence-electron chi connectivity index (χ0n) is 66.6. The molecule has 0 aromatic carbocycles. The van der Waals surface area contributed by atoms with Crippen LogP contribution in [0.1, 0.15) is 336 Å². The number of rotatable bonds is 77. The van der Waals surface area contributed by atoms with Crippen molar-refractivity contribution < 1.29 is 80.2 Å². The molecule has 0 aromatic heterocycles. The van der Waals surface area contributed by atoms with Gasteiger partial charge in [0.2, 0.25) is 0 Å². The van der Waals surface area contributed by atoms with Gasteiger partial charge in [0.1, 0.15) is 19.3 Å². The highest BCUT2D eigenvalue weighted by Crippen LogP contribution is 2.45. The van der Waals surface area contributed by atoms with Crippen LogP contribution in [0.4, 0.5) is 0 Å². The fraction of sp³-hybridized carbons (Fsp3) is 0.701. The first-order valence-corrected chi connectivity index (χ1v) is 44.4. The number of esters is 4. The van der Waals surface area contributed by atoms with Crippen LogP contribution < -0.4 is 0 Å². The van der Waals surface area contributed by atoms with Gasteiger partial charge in [0.15, 0.2) is 12.2 Å². The van der Waals surface area contributed by atoms with E-state index in [1.165, 1.54) is 57.8 Å². The molecule has 5 unspecified atom stereocenters. The van der Waals surface area contributed by atoms with E-state index in [-0.39, 0.29) is 25.7 Å². The molecule has 0 rings (SSSR count). The van der Waals surface area contributed by atoms with Crippen molar-refractivity contribution in [3.05, 3.63) is 134 Å². The second kappa shape index (κ2) is 78.3. The molecule has 19 heteroatoms. The minimum absolute atomic E-state index is 0.0724. The van der Waals surface area contributed by atoms with Gasteiger partial charge >= 0.3 is 39.5 Å².